The third kappa shape index (κ3) is 1.01. The monoisotopic (exact) mass is 179 g/mol. The molecule has 0 amide bonds. The van der Waals surface area contributed by atoms with Gasteiger partial charge in [0, 0.05) is 24.1 Å². The predicted molar refractivity (Wildman–Crippen MR) is 52.7 cm³/mol. The van der Waals surface area contributed by atoms with Crippen molar-refractivity contribution in [3.63, 3.8) is 0 Å². The first-order chi connectivity index (χ1) is 5.68. The zero-order valence-electron chi connectivity index (χ0n) is 7.13. The maximum absolute atomic E-state index is 6.01. The summed E-state index contributed by atoms with van der Waals surface area (Å²) in [5, 5.41) is 1.96. The largest absolute Gasteiger partial charge is 0.349 e. The molecule has 0 saturated carbocycles. The summed E-state index contributed by atoms with van der Waals surface area (Å²) in [6, 6.07) is 6.28. The van der Waals surface area contributed by atoms with Crippen molar-refractivity contribution in [2.75, 3.05) is 0 Å². The van der Waals surface area contributed by atoms with E-state index in [1.54, 1.807) is 0 Å². The number of aromatic nitrogens is 1. The SMILES string of the molecule is Cc1ccc2c(Cl)cn(C)c2c1. The van der Waals surface area contributed by atoms with E-state index in [2.05, 4.69) is 25.1 Å². The number of aryl methyl sites for hydroxylation is 2. The Morgan fingerprint density at radius 1 is 1.33 bits per heavy atom. The number of benzene rings is 1. The van der Waals surface area contributed by atoms with E-state index in [4.69, 9.17) is 11.6 Å². The van der Waals surface area contributed by atoms with Crippen LogP contribution in [0.2, 0.25) is 5.02 Å². The van der Waals surface area contributed by atoms with Crippen LogP contribution in [0, 0.1) is 6.92 Å². The molecule has 12 heavy (non-hydrogen) atoms. The van der Waals surface area contributed by atoms with Crippen molar-refractivity contribution in [3.05, 3.63) is 35.0 Å². The second-order valence-corrected chi connectivity index (χ2v) is 3.52. The van der Waals surface area contributed by atoms with Crippen LogP contribution in [0.5, 0.6) is 0 Å². The van der Waals surface area contributed by atoms with E-state index in [9.17, 15) is 0 Å². The van der Waals surface area contributed by atoms with Crippen LogP contribution in [0.1, 0.15) is 5.56 Å². The first-order valence-corrected chi connectivity index (χ1v) is 4.27. The average Bonchev–Trinajstić information content (AvgIpc) is 2.28. The summed E-state index contributed by atoms with van der Waals surface area (Å²) in [7, 11) is 2.01. The highest BCUT2D eigenvalue weighted by Gasteiger charge is 2.02. The van der Waals surface area contributed by atoms with Gasteiger partial charge in [0.15, 0.2) is 0 Å². The number of rotatable bonds is 0. The molecule has 1 nitrogen and oxygen atoms in total. The number of nitrogens with zero attached hydrogens (tertiary/aromatic N) is 1. The van der Waals surface area contributed by atoms with Gasteiger partial charge >= 0.3 is 0 Å². The van der Waals surface area contributed by atoms with E-state index in [-0.39, 0.29) is 0 Å². The van der Waals surface area contributed by atoms with Gasteiger partial charge in [-0.05, 0) is 18.6 Å². The highest BCUT2D eigenvalue weighted by atomic mass is 35.5. The van der Waals surface area contributed by atoms with Crippen LogP contribution >= 0.6 is 11.6 Å². The van der Waals surface area contributed by atoms with Gasteiger partial charge in [-0.15, -0.1) is 0 Å². The second-order valence-electron chi connectivity index (χ2n) is 3.11. The molecular weight excluding hydrogens is 170 g/mol. The highest BCUT2D eigenvalue weighted by molar-refractivity contribution is 6.35. The molecule has 0 aliphatic rings. The Morgan fingerprint density at radius 3 is 2.83 bits per heavy atom. The smallest absolute Gasteiger partial charge is 0.0661 e. The quantitative estimate of drug-likeness (QED) is 0.586. The van der Waals surface area contributed by atoms with Crippen LogP contribution in [0.4, 0.5) is 0 Å². The van der Waals surface area contributed by atoms with E-state index < -0.39 is 0 Å². The standard InChI is InChI=1S/C10H10ClN/c1-7-3-4-8-9(11)6-12(2)10(8)5-7/h3-6H,1-2H3. The molecule has 1 aromatic heterocycles. The van der Waals surface area contributed by atoms with Crippen LogP contribution in [0.3, 0.4) is 0 Å². The molecule has 0 fully saturated rings. The third-order valence-corrected chi connectivity index (χ3v) is 2.40. The maximum Gasteiger partial charge on any atom is 0.0661 e. The molecule has 0 radical (unpaired) electrons. The summed E-state index contributed by atoms with van der Waals surface area (Å²) in [6.45, 7) is 2.08. The lowest BCUT2D eigenvalue weighted by Crippen LogP contribution is -1.83. The maximum atomic E-state index is 6.01. The minimum absolute atomic E-state index is 0.826. The number of hydrogen-bond acceptors (Lipinski definition) is 0. The molecule has 1 aromatic carbocycles. The van der Waals surface area contributed by atoms with Gasteiger partial charge in [-0.25, -0.2) is 0 Å². The molecule has 0 aliphatic carbocycles. The van der Waals surface area contributed by atoms with Crippen molar-refractivity contribution in [1.82, 2.24) is 4.57 Å². The minimum Gasteiger partial charge on any atom is -0.349 e. The van der Waals surface area contributed by atoms with Crippen LogP contribution in [0.25, 0.3) is 10.9 Å². The van der Waals surface area contributed by atoms with E-state index in [1.807, 2.05) is 17.8 Å². The minimum atomic E-state index is 0.826. The summed E-state index contributed by atoms with van der Waals surface area (Å²) in [5.41, 5.74) is 2.46. The van der Waals surface area contributed by atoms with Gasteiger partial charge in [-0.1, -0.05) is 23.7 Å². The first-order valence-electron chi connectivity index (χ1n) is 3.89. The molecule has 0 atom stereocenters. The van der Waals surface area contributed by atoms with Crippen molar-refractivity contribution in [1.29, 1.82) is 0 Å². The Labute approximate surface area is 76.6 Å². The van der Waals surface area contributed by atoms with E-state index in [0.29, 0.717) is 0 Å². The molecule has 62 valence electrons. The molecule has 0 bridgehead atoms. The normalized spacial score (nSPS) is 10.9. The van der Waals surface area contributed by atoms with Crippen molar-refractivity contribution >= 4 is 22.5 Å². The molecule has 2 heteroatoms. The van der Waals surface area contributed by atoms with Gasteiger partial charge in [0.2, 0.25) is 0 Å². The van der Waals surface area contributed by atoms with Gasteiger partial charge in [-0.2, -0.15) is 0 Å². The summed E-state index contributed by atoms with van der Waals surface area (Å²) < 4.78 is 2.05. The fourth-order valence-electron chi connectivity index (χ4n) is 1.44. The lowest BCUT2D eigenvalue weighted by atomic mass is 10.2. The predicted octanol–water partition coefficient (Wildman–Crippen LogP) is 3.14. The Bertz CT molecular complexity index is 429. The molecule has 0 spiro atoms. The summed E-state index contributed by atoms with van der Waals surface area (Å²) in [5.74, 6) is 0. The summed E-state index contributed by atoms with van der Waals surface area (Å²) in [4.78, 5) is 0. The zero-order chi connectivity index (χ0) is 8.72. The Balaban J connectivity index is 2.90. The van der Waals surface area contributed by atoms with Crippen LogP contribution in [-0.4, -0.2) is 4.57 Å². The van der Waals surface area contributed by atoms with E-state index in [1.165, 1.54) is 11.1 Å². The fraction of sp³-hybridized carbons (Fsp3) is 0.200. The topological polar surface area (TPSA) is 4.93 Å². The number of halogens is 1. The third-order valence-electron chi connectivity index (χ3n) is 2.10. The lowest BCUT2D eigenvalue weighted by Gasteiger charge is -1.96. The van der Waals surface area contributed by atoms with Gasteiger partial charge in [0.1, 0.15) is 0 Å². The van der Waals surface area contributed by atoms with Crippen LogP contribution in [0.15, 0.2) is 24.4 Å². The van der Waals surface area contributed by atoms with Gasteiger partial charge in [-0.3, -0.25) is 0 Å². The Kier molecular flexibility index (Phi) is 1.62. The molecule has 2 rings (SSSR count). The molecule has 0 saturated heterocycles. The van der Waals surface area contributed by atoms with E-state index in [0.717, 1.165) is 10.4 Å². The van der Waals surface area contributed by atoms with Crippen molar-refractivity contribution in [3.8, 4) is 0 Å². The van der Waals surface area contributed by atoms with Gasteiger partial charge in [0.25, 0.3) is 0 Å². The molecule has 0 N–H and O–H groups in total. The summed E-state index contributed by atoms with van der Waals surface area (Å²) in [6.07, 6.45) is 1.94. The molecular formula is C10H10ClN. The Hall–Kier alpha value is -0.950. The molecule has 0 aliphatic heterocycles. The molecule has 0 unspecified atom stereocenters. The number of hydrogen-bond donors (Lipinski definition) is 0. The van der Waals surface area contributed by atoms with Crippen molar-refractivity contribution in [2.45, 2.75) is 6.92 Å². The molecule has 1 heterocycles. The van der Waals surface area contributed by atoms with Crippen molar-refractivity contribution < 1.29 is 0 Å². The van der Waals surface area contributed by atoms with Gasteiger partial charge in [0.05, 0.1) is 5.02 Å². The van der Waals surface area contributed by atoms with E-state index >= 15 is 0 Å². The fourth-order valence-corrected chi connectivity index (χ4v) is 1.75. The number of fused-ring (bicyclic) bond motifs is 1. The summed E-state index contributed by atoms with van der Waals surface area (Å²) >= 11 is 6.01. The highest BCUT2D eigenvalue weighted by Crippen LogP contribution is 2.25. The lowest BCUT2D eigenvalue weighted by molar-refractivity contribution is 0.968. The molecule has 2 aromatic rings. The van der Waals surface area contributed by atoms with Crippen LogP contribution < -0.4 is 0 Å². The average molecular weight is 180 g/mol. The van der Waals surface area contributed by atoms with Gasteiger partial charge < -0.3 is 4.57 Å². The van der Waals surface area contributed by atoms with Crippen molar-refractivity contribution in [2.24, 2.45) is 7.05 Å². The van der Waals surface area contributed by atoms with Crippen LogP contribution in [-0.2, 0) is 7.05 Å². The Morgan fingerprint density at radius 2 is 2.08 bits per heavy atom. The second kappa shape index (κ2) is 2.53. The zero-order valence-corrected chi connectivity index (χ0v) is 7.89. The first kappa shape index (κ1) is 7.69.